The fourth-order valence-corrected chi connectivity index (χ4v) is 5.26. The lowest BCUT2D eigenvalue weighted by Crippen LogP contribution is -2.44. The fourth-order valence-electron chi connectivity index (χ4n) is 4.04. The molecule has 0 saturated carbocycles. The van der Waals surface area contributed by atoms with Crippen molar-refractivity contribution in [3.8, 4) is 11.5 Å². The number of fused-ring (bicyclic) bond motifs is 1. The molecule has 1 aromatic heterocycles. The van der Waals surface area contributed by atoms with Crippen LogP contribution < -0.4 is 19.7 Å². The number of carbonyl (C=O) groups is 2. The number of thioether (sulfide) groups is 1. The smallest absolute Gasteiger partial charge is 0.240 e. The third kappa shape index (κ3) is 5.13. The van der Waals surface area contributed by atoms with E-state index in [1.165, 1.54) is 11.8 Å². The average molecular weight is 475 g/mol. The minimum atomic E-state index is -0.282. The third-order valence-corrected chi connectivity index (χ3v) is 6.66. The summed E-state index contributed by atoms with van der Waals surface area (Å²) in [4.78, 5) is 27.5. The molecule has 0 aliphatic carbocycles. The highest BCUT2D eigenvalue weighted by atomic mass is 32.2. The highest BCUT2D eigenvalue weighted by Crippen LogP contribution is 2.50. The molecule has 0 radical (unpaired) electrons. The molecule has 3 rings (SSSR count). The first-order chi connectivity index (χ1) is 15.5. The highest BCUT2D eigenvalue weighted by Gasteiger charge is 2.39. The Morgan fingerprint density at radius 1 is 1.27 bits per heavy atom. The molecule has 0 fully saturated rings. The number of ether oxygens (including phenoxy) is 2. The molecule has 1 atom stereocenters. The van der Waals surface area contributed by atoms with Crippen molar-refractivity contribution in [2.75, 3.05) is 31.4 Å². The molecule has 1 aliphatic heterocycles. The topological polar surface area (TPSA) is 85.7 Å². The zero-order valence-corrected chi connectivity index (χ0v) is 21.5. The minimum absolute atomic E-state index is 0.0149. The second kappa shape index (κ2) is 9.67. The van der Waals surface area contributed by atoms with E-state index >= 15 is 0 Å². The normalized spacial score (nSPS) is 16.5. The van der Waals surface area contributed by atoms with Crippen molar-refractivity contribution in [1.29, 1.82) is 0 Å². The summed E-state index contributed by atoms with van der Waals surface area (Å²) in [5, 5.41) is 7.50. The van der Waals surface area contributed by atoms with Crippen LogP contribution in [0.15, 0.2) is 18.2 Å². The molecular formula is C24H34N4O4S. The zero-order chi connectivity index (χ0) is 24.5. The molecule has 1 N–H and O–H groups in total. The second-order valence-corrected chi connectivity index (χ2v) is 10.6. The maximum atomic E-state index is 13.3. The summed E-state index contributed by atoms with van der Waals surface area (Å²) in [5.41, 5.74) is 2.43. The summed E-state index contributed by atoms with van der Waals surface area (Å²) in [6.45, 7) is 10.0. The number of benzene rings is 1. The molecule has 2 aromatic rings. The van der Waals surface area contributed by atoms with Crippen molar-refractivity contribution in [2.45, 2.75) is 51.3 Å². The number of aryl methyl sites for hydroxylation is 1. The molecule has 9 heteroatoms. The van der Waals surface area contributed by atoms with Crippen molar-refractivity contribution >= 4 is 29.4 Å². The van der Waals surface area contributed by atoms with E-state index < -0.39 is 0 Å². The van der Waals surface area contributed by atoms with Gasteiger partial charge in [-0.3, -0.25) is 19.2 Å². The van der Waals surface area contributed by atoms with Crippen LogP contribution in [-0.4, -0.2) is 54.2 Å². The van der Waals surface area contributed by atoms with Crippen LogP contribution >= 0.6 is 11.8 Å². The van der Waals surface area contributed by atoms with E-state index in [0.29, 0.717) is 17.3 Å². The average Bonchev–Trinajstić information content (AvgIpc) is 3.01. The number of nitrogens with zero attached hydrogens (tertiary/aromatic N) is 3. The van der Waals surface area contributed by atoms with Gasteiger partial charge in [0, 0.05) is 29.6 Å². The number of hydrogen-bond donors (Lipinski definition) is 1. The summed E-state index contributed by atoms with van der Waals surface area (Å²) >= 11 is 1.51. The van der Waals surface area contributed by atoms with E-state index in [9.17, 15) is 9.59 Å². The van der Waals surface area contributed by atoms with Crippen LogP contribution in [0, 0.1) is 0 Å². The largest absolute Gasteiger partial charge is 0.497 e. The van der Waals surface area contributed by atoms with Gasteiger partial charge >= 0.3 is 0 Å². The van der Waals surface area contributed by atoms with Gasteiger partial charge in [0.15, 0.2) is 0 Å². The molecule has 1 unspecified atom stereocenters. The van der Waals surface area contributed by atoms with Gasteiger partial charge in [0.2, 0.25) is 11.8 Å². The predicted octanol–water partition coefficient (Wildman–Crippen LogP) is 3.43. The van der Waals surface area contributed by atoms with E-state index in [2.05, 4.69) is 26.1 Å². The highest BCUT2D eigenvalue weighted by molar-refractivity contribution is 8.00. The lowest BCUT2D eigenvalue weighted by Gasteiger charge is -2.25. The Balaban J connectivity index is 2.24. The second-order valence-electron chi connectivity index (χ2n) is 9.46. The van der Waals surface area contributed by atoms with Crippen LogP contribution in [0.25, 0.3) is 0 Å². The summed E-state index contributed by atoms with van der Waals surface area (Å²) in [5.74, 6) is 1.94. The van der Waals surface area contributed by atoms with Crippen molar-refractivity contribution in [3.63, 3.8) is 0 Å². The molecule has 180 valence electrons. The van der Waals surface area contributed by atoms with Gasteiger partial charge in [-0.2, -0.15) is 5.10 Å². The van der Waals surface area contributed by atoms with Crippen LogP contribution in [0.4, 0.5) is 5.82 Å². The molecule has 8 nitrogen and oxygen atoms in total. The van der Waals surface area contributed by atoms with Gasteiger partial charge in [-0.1, -0.05) is 20.8 Å². The number of nitrogens with one attached hydrogen (secondary N) is 1. The first-order valence-corrected chi connectivity index (χ1v) is 12.0. The van der Waals surface area contributed by atoms with E-state index in [1.807, 2.05) is 39.1 Å². The lowest BCUT2D eigenvalue weighted by molar-refractivity contribution is -0.123. The van der Waals surface area contributed by atoms with Crippen LogP contribution in [0.3, 0.4) is 0 Å². The SMILES string of the molecule is COc1ccc(OC)c(C2SCC(=O)N(CC(=O)NC(C)C)c3c2c(C(C)(C)C)nn3C)c1. The quantitative estimate of drug-likeness (QED) is 0.690. The van der Waals surface area contributed by atoms with Gasteiger partial charge in [0.1, 0.15) is 23.9 Å². The summed E-state index contributed by atoms with van der Waals surface area (Å²) < 4.78 is 12.9. The number of carbonyl (C=O) groups excluding carboxylic acids is 2. The molecule has 2 amide bonds. The lowest BCUT2D eigenvalue weighted by atomic mass is 9.87. The molecule has 1 aromatic carbocycles. The van der Waals surface area contributed by atoms with Crippen LogP contribution in [0.1, 0.15) is 56.7 Å². The number of methoxy groups -OCH3 is 2. The van der Waals surface area contributed by atoms with E-state index in [-0.39, 0.29) is 40.8 Å². The molecule has 1 aliphatic rings. The Bertz CT molecular complexity index is 1040. The standard InChI is InChI=1S/C24H34N4O4S/c1-14(2)25-18(29)12-28-19(30)13-33-21(16-11-15(31-7)9-10-17(16)32-8)20-22(24(3,4)5)26-27(6)23(20)28/h9-11,14,21H,12-13H2,1-8H3,(H,25,29). The van der Waals surface area contributed by atoms with Crippen molar-refractivity contribution < 1.29 is 19.1 Å². The first-order valence-electron chi connectivity index (χ1n) is 11.0. The minimum Gasteiger partial charge on any atom is -0.497 e. The van der Waals surface area contributed by atoms with Crippen LogP contribution in [0.2, 0.25) is 0 Å². The summed E-state index contributed by atoms with van der Waals surface area (Å²) in [6, 6.07) is 5.67. The van der Waals surface area contributed by atoms with Gasteiger partial charge in [-0.05, 0) is 32.0 Å². The molecule has 33 heavy (non-hydrogen) atoms. The van der Waals surface area contributed by atoms with Crippen molar-refractivity contribution in [3.05, 3.63) is 35.0 Å². The van der Waals surface area contributed by atoms with Gasteiger partial charge < -0.3 is 14.8 Å². The third-order valence-electron chi connectivity index (χ3n) is 5.43. The number of aromatic nitrogens is 2. The number of amides is 2. The van der Waals surface area contributed by atoms with Gasteiger partial charge in [-0.15, -0.1) is 11.8 Å². The van der Waals surface area contributed by atoms with E-state index in [4.69, 9.17) is 14.6 Å². The fraction of sp³-hybridized carbons (Fsp3) is 0.542. The van der Waals surface area contributed by atoms with E-state index in [0.717, 1.165) is 16.8 Å². The maximum Gasteiger partial charge on any atom is 0.240 e. The number of rotatable bonds is 6. The molecule has 0 saturated heterocycles. The Morgan fingerprint density at radius 3 is 2.55 bits per heavy atom. The summed E-state index contributed by atoms with van der Waals surface area (Å²) in [7, 11) is 5.08. The van der Waals surface area contributed by atoms with Crippen LogP contribution in [0.5, 0.6) is 11.5 Å². The van der Waals surface area contributed by atoms with Gasteiger partial charge in [0.05, 0.1) is 30.9 Å². The Kier molecular flexibility index (Phi) is 7.31. The molecule has 2 heterocycles. The number of anilines is 1. The predicted molar refractivity (Wildman–Crippen MR) is 131 cm³/mol. The molecule has 0 spiro atoms. The van der Waals surface area contributed by atoms with Gasteiger partial charge in [0.25, 0.3) is 0 Å². The Hall–Kier alpha value is -2.68. The molecule has 0 bridgehead atoms. The monoisotopic (exact) mass is 474 g/mol. The number of hydrogen-bond acceptors (Lipinski definition) is 6. The Morgan fingerprint density at radius 2 is 1.97 bits per heavy atom. The van der Waals surface area contributed by atoms with Crippen molar-refractivity contribution in [1.82, 2.24) is 15.1 Å². The van der Waals surface area contributed by atoms with Crippen molar-refractivity contribution in [2.24, 2.45) is 7.05 Å². The molecular weight excluding hydrogens is 440 g/mol. The first kappa shape index (κ1) is 25.0. The maximum absolute atomic E-state index is 13.3. The summed E-state index contributed by atoms with van der Waals surface area (Å²) in [6.07, 6.45) is 0. The van der Waals surface area contributed by atoms with Gasteiger partial charge in [-0.25, -0.2) is 0 Å². The van der Waals surface area contributed by atoms with Crippen LogP contribution in [-0.2, 0) is 22.1 Å². The van der Waals surface area contributed by atoms with E-state index in [1.54, 1.807) is 23.8 Å². The Labute approximate surface area is 200 Å². The zero-order valence-electron chi connectivity index (χ0n) is 20.7.